The van der Waals surface area contributed by atoms with E-state index in [0.717, 1.165) is 12.8 Å². The van der Waals surface area contributed by atoms with E-state index in [1.165, 1.54) is 62.2 Å². The summed E-state index contributed by atoms with van der Waals surface area (Å²) in [4.78, 5) is 14.3. The Balaban J connectivity index is 0.000000354. The molecule has 11 heteroatoms. The van der Waals surface area contributed by atoms with Crippen molar-refractivity contribution in [3.05, 3.63) is 30.3 Å². The van der Waals surface area contributed by atoms with Crippen molar-refractivity contribution in [3.8, 4) is 17.0 Å². The first-order chi connectivity index (χ1) is 15.4. The molecule has 1 aliphatic carbocycles. The number of fused-ring (bicyclic) bond motifs is 1. The van der Waals surface area contributed by atoms with Crippen molar-refractivity contribution in [3.63, 3.8) is 0 Å². The van der Waals surface area contributed by atoms with E-state index >= 15 is 0 Å². The van der Waals surface area contributed by atoms with Gasteiger partial charge in [0.05, 0.1) is 13.3 Å². The molecule has 1 saturated heterocycles. The van der Waals surface area contributed by atoms with Gasteiger partial charge in [-0.3, -0.25) is 4.79 Å². The number of alkyl halides is 2. The van der Waals surface area contributed by atoms with E-state index in [1.807, 2.05) is 0 Å². The lowest BCUT2D eigenvalue weighted by Crippen LogP contribution is -2.36. The first kappa shape index (κ1) is 22.1. The van der Waals surface area contributed by atoms with Crippen LogP contribution in [0.4, 0.5) is 19.0 Å². The molecule has 4 heterocycles. The smallest absolute Gasteiger partial charge is 0.333 e. The van der Waals surface area contributed by atoms with Gasteiger partial charge in [0.2, 0.25) is 5.91 Å². The molecule has 1 aliphatic heterocycles. The average molecular weight is 450 g/mol. The number of ether oxygens (including phenoxy) is 1. The highest BCUT2D eigenvalue weighted by Crippen LogP contribution is 2.35. The van der Waals surface area contributed by atoms with Gasteiger partial charge in [0, 0.05) is 17.7 Å². The third-order valence-corrected chi connectivity index (χ3v) is 5.60. The highest BCUT2D eigenvalue weighted by atomic mass is 19.3. The second-order valence-corrected chi connectivity index (χ2v) is 7.74. The van der Waals surface area contributed by atoms with Crippen molar-refractivity contribution >= 4 is 17.2 Å². The van der Waals surface area contributed by atoms with Crippen molar-refractivity contribution in [2.45, 2.75) is 32.7 Å². The fraction of sp³-hybridized carbons (Fsp3) is 0.476. The fourth-order valence-corrected chi connectivity index (χ4v) is 3.42. The Hall–Kier alpha value is -3.08. The van der Waals surface area contributed by atoms with E-state index in [2.05, 4.69) is 27.3 Å². The highest BCUT2D eigenvalue weighted by Gasteiger charge is 2.31. The average Bonchev–Trinajstić information content (AvgIpc) is 3.43. The van der Waals surface area contributed by atoms with Crippen LogP contribution in [0.1, 0.15) is 32.7 Å². The molecule has 0 unspecified atom stereocenters. The van der Waals surface area contributed by atoms with E-state index < -0.39 is 12.4 Å². The topological polar surface area (TPSA) is 76.7 Å². The lowest BCUT2D eigenvalue weighted by molar-refractivity contribution is -0.117. The van der Waals surface area contributed by atoms with E-state index in [1.54, 1.807) is 0 Å². The number of nitrogens with one attached hydrogen (secondary N) is 1. The van der Waals surface area contributed by atoms with Crippen LogP contribution in [0.25, 0.3) is 16.8 Å². The standard InChI is InChI=1S/C16H14F3N5O2.C5H11N/c1-26-11-7-20-24(16(18)19)13(11)9-4-5-23-10(6-9)12(17)14(22-23)21-15(25)8-2-3-8;1-2-6-4-3-5-6/h4-8,16H,2-3H2,1H3,(H,21,22,25);2-5H2,1H3. The first-order valence-electron chi connectivity index (χ1n) is 10.5. The van der Waals surface area contributed by atoms with E-state index in [9.17, 15) is 18.0 Å². The van der Waals surface area contributed by atoms with Crippen molar-refractivity contribution in [1.82, 2.24) is 24.3 Å². The fourth-order valence-electron chi connectivity index (χ4n) is 3.42. The molecule has 3 aromatic heterocycles. The largest absolute Gasteiger partial charge is 0.493 e. The molecule has 5 rings (SSSR count). The molecular weight excluding hydrogens is 425 g/mol. The minimum Gasteiger partial charge on any atom is -0.493 e. The van der Waals surface area contributed by atoms with Gasteiger partial charge in [0.1, 0.15) is 11.2 Å². The number of aromatic nitrogens is 4. The van der Waals surface area contributed by atoms with E-state index in [4.69, 9.17) is 4.74 Å². The second-order valence-electron chi connectivity index (χ2n) is 7.74. The maximum Gasteiger partial charge on any atom is 0.333 e. The van der Waals surface area contributed by atoms with Gasteiger partial charge >= 0.3 is 6.55 Å². The van der Waals surface area contributed by atoms with Gasteiger partial charge in [-0.15, -0.1) is 5.10 Å². The third kappa shape index (κ3) is 4.43. The quantitative estimate of drug-likeness (QED) is 0.618. The first-order valence-corrected chi connectivity index (χ1v) is 10.5. The van der Waals surface area contributed by atoms with Crippen LogP contribution in [0.2, 0.25) is 0 Å². The van der Waals surface area contributed by atoms with Crippen LogP contribution in [0.3, 0.4) is 0 Å². The lowest BCUT2D eigenvalue weighted by Gasteiger charge is -2.28. The molecule has 3 aromatic rings. The zero-order valence-corrected chi connectivity index (χ0v) is 17.9. The van der Waals surface area contributed by atoms with Gasteiger partial charge in [-0.25, -0.2) is 8.91 Å². The van der Waals surface area contributed by atoms with Crippen molar-refractivity contribution in [1.29, 1.82) is 0 Å². The summed E-state index contributed by atoms with van der Waals surface area (Å²) in [5.41, 5.74) is 0.345. The normalized spacial score (nSPS) is 15.9. The predicted octanol–water partition coefficient (Wildman–Crippen LogP) is 3.80. The lowest BCUT2D eigenvalue weighted by atomic mass is 10.1. The summed E-state index contributed by atoms with van der Waals surface area (Å²) >= 11 is 0. The highest BCUT2D eigenvalue weighted by molar-refractivity contribution is 5.94. The van der Waals surface area contributed by atoms with Crippen LogP contribution in [-0.4, -0.2) is 56.9 Å². The Kier molecular flexibility index (Phi) is 6.35. The minimum atomic E-state index is -2.88. The number of carbonyl (C=O) groups excluding carboxylic acids is 1. The zero-order valence-electron chi connectivity index (χ0n) is 17.9. The van der Waals surface area contributed by atoms with Gasteiger partial charge in [-0.1, -0.05) is 6.92 Å². The van der Waals surface area contributed by atoms with Crippen molar-refractivity contribution in [2.24, 2.45) is 5.92 Å². The van der Waals surface area contributed by atoms with Gasteiger partial charge in [-0.2, -0.15) is 18.6 Å². The summed E-state index contributed by atoms with van der Waals surface area (Å²) in [5, 5.41) is 10.1. The SMILES string of the molecule is CCN1CCC1.COc1cnn(C(F)F)c1-c1ccn2nc(NC(=O)C3CC3)c(F)c2c1. The van der Waals surface area contributed by atoms with Crippen LogP contribution >= 0.6 is 0 Å². The van der Waals surface area contributed by atoms with Crippen LogP contribution in [-0.2, 0) is 4.79 Å². The van der Waals surface area contributed by atoms with Gasteiger partial charge in [-0.05, 0) is 51.0 Å². The maximum absolute atomic E-state index is 14.6. The van der Waals surface area contributed by atoms with E-state index in [-0.39, 0.29) is 40.2 Å². The number of anilines is 1. The second kappa shape index (κ2) is 9.19. The molecule has 0 atom stereocenters. The number of nitrogens with zero attached hydrogens (tertiary/aromatic N) is 5. The molecular formula is C21H25F3N6O2. The Morgan fingerprint density at radius 2 is 2.09 bits per heavy atom. The summed E-state index contributed by atoms with van der Waals surface area (Å²) in [6.07, 6.45) is 5.57. The summed E-state index contributed by atoms with van der Waals surface area (Å²) in [5.74, 6) is -1.16. The molecule has 0 aromatic carbocycles. The molecule has 2 aliphatic rings. The molecule has 1 saturated carbocycles. The number of amides is 1. The van der Waals surface area contributed by atoms with Gasteiger partial charge < -0.3 is 15.0 Å². The summed E-state index contributed by atoms with van der Waals surface area (Å²) in [7, 11) is 1.33. The van der Waals surface area contributed by atoms with Crippen LogP contribution in [0.15, 0.2) is 24.5 Å². The van der Waals surface area contributed by atoms with E-state index in [0.29, 0.717) is 4.68 Å². The number of pyridine rings is 1. The summed E-state index contributed by atoms with van der Waals surface area (Å²) in [6.45, 7) is 3.26. The van der Waals surface area contributed by atoms with Gasteiger partial charge in [0.15, 0.2) is 17.4 Å². The molecule has 8 nitrogen and oxygen atoms in total. The maximum atomic E-state index is 14.6. The number of hydrogen-bond donors (Lipinski definition) is 1. The molecule has 1 amide bonds. The number of carbonyl (C=O) groups is 1. The Labute approximate surface area is 182 Å². The molecule has 1 N–H and O–H groups in total. The predicted molar refractivity (Wildman–Crippen MR) is 112 cm³/mol. The number of halogens is 3. The zero-order chi connectivity index (χ0) is 22.8. The van der Waals surface area contributed by atoms with Crippen LogP contribution in [0, 0.1) is 11.7 Å². The van der Waals surface area contributed by atoms with Crippen molar-refractivity contribution < 1.29 is 22.7 Å². The molecule has 172 valence electrons. The third-order valence-electron chi connectivity index (χ3n) is 5.60. The number of rotatable bonds is 6. The Morgan fingerprint density at radius 1 is 1.34 bits per heavy atom. The number of methoxy groups -OCH3 is 1. The Bertz CT molecular complexity index is 1100. The van der Waals surface area contributed by atoms with Crippen molar-refractivity contribution in [2.75, 3.05) is 32.1 Å². The molecule has 0 spiro atoms. The Morgan fingerprint density at radius 3 is 2.62 bits per heavy atom. The summed E-state index contributed by atoms with van der Waals surface area (Å²) < 4.78 is 47.8. The molecule has 0 radical (unpaired) electrons. The van der Waals surface area contributed by atoms with Gasteiger partial charge in [0.25, 0.3) is 0 Å². The molecule has 0 bridgehead atoms. The summed E-state index contributed by atoms with van der Waals surface area (Å²) in [6, 6.07) is 2.85. The minimum absolute atomic E-state index is 0.0224. The number of hydrogen-bond acceptors (Lipinski definition) is 5. The monoisotopic (exact) mass is 450 g/mol. The number of likely N-dealkylation sites (tertiary alicyclic amines) is 1. The molecule has 2 fully saturated rings. The van der Waals surface area contributed by atoms with Crippen LogP contribution < -0.4 is 10.1 Å². The van der Waals surface area contributed by atoms with Crippen LogP contribution in [0.5, 0.6) is 5.75 Å². The molecule has 32 heavy (non-hydrogen) atoms.